The predicted octanol–water partition coefficient (Wildman–Crippen LogP) is 1.99. The minimum atomic E-state index is -0.555. The molecule has 0 aliphatic carbocycles. The maximum absolute atomic E-state index is 12.5. The van der Waals surface area contributed by atoms with Crippen molar-refractivity contribution in [1.29, 1.82) is 0 Å². The summed E-state index contributed by atoms with van der Waals surface area (Å²) >= 11 is 0. The first-order valence-electron chi connectivity index (χ1n) is 8.49. The number of urea groups is 1. The van der Waals surface area contributed by atoms with Crippen molar-refractivity contribution in [3.8, 4) is 0 Å². The number of ether oxygens (including phenoxy) is 1. The van der Waals surface area contributed by atoms with Crippen molar-refractivity contribution in [2.24, 2.45) is 7.05 Å². The fourth-order valence-corrected chi connectivity index (χ4v) is 2.87. The van der Waals surface area contributed by atoms with Gasteiger partial charge < -0.3 is 19.5 Å². The van der Waals surface area contributed by atoms with Crippen LogP contribution in [0.4, 0.5) is 4.79 Å². The molecule has 136 valence electrons. The van der Waals surface area contributed by atoms with Gasteiger partial charge in [0.1, 0.15) is 5.60 Å². The van der Waals surface area contributed by atoms with Crippen LogP contribution in [0.5, 0.6) is 0 Å². The zero-order valence-electron chi connectivity index (χ0n) is 15.2. The van der Waals surface area contributed by atoms with Gasteiger partial charge in [-0.3, -0.25) is 4.68 Å². The number of amides is 2. The molecule has 3 rings (SSSR count). The highest BCUT2D eigenvalue weighted by atomic mass is 16.5. The maximum atomic E-state index is 12.5. The minimum Gasteiger partial charge on any atom is -0.367 e. The minimum absolute atomic E-state index is 0.138. The molecule has 8 heteroatoms. The van der Waals surface area contributed by atoms with Crippen LogP contribution in [0.1, 0.15) is 43.7 Å². The van der Waals surface area contributed by atoms with Crippen LogP contribution >= 0.6 is 0 Å². The summed E-state index contributed by atoms with van der Waals surface area (Å²) in [5.74, 6) is 0.952. The number of nitrogens with zero attached hydrogens (tertiary/aromatic N) is 4. The molecule has 0 spiro atoms. The molecule has 1 N–H and O–H groups in total. The molecule has 1 unspecified atom stereocenters. The van der Waals surface area contributed by atoms with Crippen LogP contribution < -0.4 is 5.32 Å². The second-order valence-electron chi connectivity index (χ2n) is 6.94. The van der Waals surface area contributed by atoms with Crippen molar-refractivity contribution in [3.63, 3.8) is 0 Å². The predicted molar refractivity (Wildman–Crippen MR) is 90.9 cm³/mol. The van der Waals surface area contributed by atoms with Gasteiger partial charge in [-0.25, -0.2) is 4.79 Å². The number of morpholine rings is 1. The third kappa shape index (κ3) is 3.84. The summed E-state index contributed by atoms with van der Waals surface area (Å²) in [6.45, 7) is 7.90. The molecule has 1 saturated heterocycles. The highest BCUT2D eigenvalue weighted by Crippen LogP contribution is 2.29. The Kier molecular flexibility index (Phi) is 4.80. The summed E-state index contributed by atoms with van der Waals surface area (Å²) < 4.78 is 12.9. The van der Waals surface area contributed by atoms with Gasteiger partial charge in [0.2, 0.25) is 0 Å². The van der Waals surface area contributed by atoms with Crippen LogP contribution in [0.2, 0.25) is 0 Å². The molecule has 2 aromatic heterocycles. The summed E-state index contributed by atoms with van der Waals surface area (Å²) in [6, 6.07) is 1.74. The number of hydrogen-bond acceptors (Lipinski definition) is 5. The van der Waals surface area contributed by atoms with Crippen LogP contribution in [-0.4, -0.2) is 45.6 Å². The van der Waals surface area contributed by atoms with Crippen LogP contribution in [0.3, 0.4) is 0 Å². The fourth-order valence-electron chi connectivity index (χ4n) is 2.87. The van der Waals surface area contributed by atoms with Crippen molar-refractivity contribution in [3.05, 3.63) is 35.5 Å². The number of carbonyl (C=O) groups is 1. The van der Waals surface area contributed by atoms with Gasteiger partial charge in [0.25, 0.3) is 0 Å². The first-order valence-corrected chi connectivity index (χ1v) is 8.49. The van der Waals surface area contributed by atoms with Crippen LogP contribution in [0.25, 0.3) is 0 Å². The van der Waals surface area contributed by atoms with Crippen molar-refractivity contribution in [2.45, 2.75) is 38.8 Å². The van der Waals surface area contributed by atoms with Gasteiger partial charge in [0.05, 0.1) is 31.6 Å². The third-order valence-electron chi connectivity index (χ3n) is 4.46. The van der Waals surface area contributed by atoms with Crippen molar-refractivity contribution in [2.75, 3.05) is 19.7 Å². The highest BCUT2D eigenvalue weighted by molar-refractivity contribution is 5.74. The molecule has 2 amide bonds. The summed E-state index contributed by atoms with van der Waals surface area (Å²) in [5.41, 5.74) is 1.30. The van der Waals surface area contributed by atoms with Crippen LogP contribution in [0, 0.1) is 0 Å². The van der Waals surface area contributed by atoms with E-state index >= 15 is 0 Å². The van der Waals surface area contributed by atoms with Gasteiger partial charge in [-0.1, -0.05) is 19.0 Å². The Bertz CT molecular complexity index is 738. The largest absolute Gasteiger partial charge is 0.367 e. The number of aromatic nitrogens is 3. The smallest absolute Gasteiger partial charge is 0.317 e. The Balaban J connectivity index is 1.60. The van der Waals surface area contributed by atoms with Gasteiger partial charge in [-0.05, 0) is 12.8 Å². The van der Waals surface area contributed by atoms with E-state index in [9.17, 15) is 4.79 Å². The lowest BCUT2D eigenvalue weighted by Gasteiger charge is -2.39. The Labute approximate surface area is 147 Å². The van der Waals surface area contributed by atoms with Gasteiger partial charge >= 0.3 is 6.03 Å². The number of carbonyl (C=O) groups excluding carboxylic acids is 1. The summed E-state index contributed by atoms with van der Waals surface area (Å²) in [4.78, 5) is 14.3. The number of nitrogens with one attached hydrogen (secondary N) is 1. The van der Waals surface area contributed by atoms with Gasteiger partial charge in [0, 0.05) is 31.4 Å². The third-order valence-corrected chi connectivity index (χ3v) is 4.46. The normalized spacial score (nSPS) is 20.9. The van der Waals surface area contributed by atoms with E-state index in [1.165, 1.54) is 0 Å². The Hall–Kier alpha value is -2.35. The molecule has 0 saturated carbocycles. The van der Waals surface area contributed by atoms with Crippen molar-refractivity contribution < 1.29 is 14.1 Å². The van der Waals surface area contributed by atoms with Gasteiger partial charge in [-0.2, -0.15) is 5.10 Å². The molecule has 1 aliphatic heterocycles. The fraction of sp³-hybridized carbons (Fsp3) is 0.588. The molecule has 1 aliphatic rings. The Morgan fingerprint density at radius 1 is 1.48 bits per heavy atom. The van der Waals surface area contributed by atoms with E-state index in [2.05, 4.69) is 15.6 Å². The van der Waals surface area contributed by atoms with Crippen molar-refractivity contribution >= 4 is 6.03 Å². The van der Waals surface area contributed by atoms with Gasteiger partial charge in [0.15, 0.2) is 5.76 Å². The lowest BCUT2D eigenvalue weighted by atomic mass is 9.97. The van der Waals surface area contributed by atoms with Crippen LogP contribution in [-0.2, 0) is 23.9 Å². The van der Waals surface area contributed by atoms with E-state index in [4.69, 9.17) is 9.26 Å². The average Bonchev–Trinajstić information content (AvgIpc) is 3.22. The maximum Gasteiger partial charge on any atom is 0.317 e. The van der Waals surface area contributed by atoms with Crippen LogP contribution in [0.15, 0.2) is 23.0 Å². The molecule has 0 bridgehead atoms. The second kappa shape index (κ2) is 6.87. The lowest BCUT2D eigenvalue weighted by Crippen LogP contribution is -2.53. The molecule has 0 aromatic carbocycles. The van der Waals surface area contributed by atoms with E-state index in [0.29, 0.717) is 37.9 Å². The zero-order chi connectivity index (χ0) is 18.0. The Morgan fingerprint density at radius 2 is 2.28 bits per heavy atom. The van der Waals surface area contributed by atoms with E-state index < -0.39 is 5.60 Å². The molecule has 25 heavy (non-hydrogen) atoms. The number of hydrogen-bond donors (Lipinski definition) is 1. The summed E-state index contributed by atoms with van der Waals surface area (Å²) in [7, 11) is 1.86. The van der Waals surface area contributed by atoms with E-state index in [1.54, 1.807) is 15.8 Å². The van der Waals surface area contributed by atoms with E-state index in [-0.39, 0.29) is 6.03 Å². The Morgan fingerprint density at radius 3 is 2.92 bits per heavy atom. The molecular formula is C17H25N5O3. The number of rotatable bonds is 4. The average molecular weight is 347 g/mol. The van der Waals surface area contributed by atoms with E-state index in [1.807, 2.05) is 40.1 Å². The summed E-state index contributed by atoms with van der Waals surface area (Å²) in [6.07, 6.45) is 3.70. The lowest BCUT2D eigenvalue weighted by molar-refractivity contribution is -0.0907. The molecule has 1 fully saturated rings. The van der Waals surface area contributed by atoms with E-state index in [0.717, 1.165) is 11.3 Å². The topological polar surface area (TPSA) is 85.4 Å². The molecule has 1 atom stereocenters. The highest BCUT2D eigenvalue weighted by Gasteiger charge is 2.36. The zero-order valence-corrected chi connectivity index (χ0v) is 15.2. The monoisotopic (exact) mass is 347 g/mol. The molecule has 2 aromatic rings. The van der Waals surface area contributed by atoms with Crippen molar-refractivity contribution in [1.82, 2.24) is 25.2 Å². The molecule has 8 nitrogen and oxygen atoms in total. The number of aryl methyl sites for hydroxylation is 1. The first kappa shape index (κ1) is 17.5. The molecule has 3 heterocycles. The second-order valence-corrected chi connectivity index (χ2v) is 6.94. The van der Waals surface area contributed by atoms with Gasteiger partial charge in [-0.15, -0.1) is 0 Å². The molecular weight excluding hydrogens is 322 g/mol. The summed E-state index contributed by atoms with van der Waals surface area (Å²) in [5, 5.41) is 11.1. The quantitative estimate of drug-likeness (QED) is 0.914. The SMILES string of the molecule is CC(C)c1cc(CNC(=O)N2CCOC(C)(c3cnn(C)c3)C2)on1. The standard InChI is InChI=1S/C17H25N5O3/c1-12(2)15-7-14(25-20-15)9-18-16(23)22-5-6-24-17(3,11-22)13-8-19-21(4)10-13/h7-8,10,12H,5-6,9,11H2,1-4H3,(H,18,23). The first-order chi connectivity index (χ1) is 11.9. The molecule has 0 radical (unpaired) electrons.